The molecule has 0 amide bonds. The lowest BCUT2D eigenvalue weighted by Crippen LogP contribution is -2.39. The maximum atomic E-state index is 12.8. The molecule has 0 saturated carbocycles. The highest BCUT2D eigenvalue weighted by atomic mass is 16.6. The van der Waals surface area contributed by atoms with Crippen molar-refractivity contribution in [2.45, 2.75) is 187 Å². The van der Waals surface area contributed by atoms with Gasteiger partial charge in [0.1, 0.15) is 6.29 Å². The Morgan fingerprint density at radius 3 is 1.42 bits per heavy atom. The summed E-state index contributed by atoms with van der Waals surface area (Å²) in [5, 5.41) is 21.8. The summed E-state index contributed by atoms with van der Waals surface area (Å²) >= 11 is 0. The van der Waals surface area contributed by atoms with E-state index in [0.717, 1.165) is 58.1 Å². The minimum Gasteiger partial charge on any atom is -0.493 e. The van der Waals surface area contributed by atoms with E-state index in [9.17, 15) is 19.8 Å². The van der Waals surface area contributed by atoms with Crippen LogP contribution >= 0.6 is 0 Å². The Balaban J connectivity index is 0.00000351. The second-order valence-corrected chi connectivity index (χ2v) is 16.1. The Bertz CT molecular complexity index is 1010. The van der Waals surface area contributed by atoms with Crippen LogP contribution in [-0.2, 0) is 9.53 Å². The highest BCUT2D eigenvalue weighted by molar-refractivity contribution is 5.80. The fourth-order valence-corrected chi connectivity index (χ4v) is 6.98. The summed E-state index contributed by atoms with van der Waals surface area (Å²) in [5.74, 6) is 0.215. The van der Waals surface area contributed by atoms with Crippen LogP contribution in [0.1, 0.15) is 185 Å². The molecule has 10 nitrogen and oxygen atoms in total. The Morgan fingerprint density at radius 1 is 0.632 bits per heavy atom. The van der Waals surface area contributed by atoms with E-state index in [4.69, 9.17) is 18.9 Å². The molecule has 1 aromatic carbocycles. The first-order valence-electron chi connectivity index (χ1n) is 22.8. The lowest BCUT2D eigenvalue weighted by molar-refractivity contribution is -0.134. The first-order chi connectivity index (χ1) is 27.6. The van der Waals surface area contributed by atoms with Gasteiger partial charge in [0.15, 0.2) is 11.5 Å². The molecule has 0 spiro atoms. The number of carbonyl (C=O) groups excluding carboxylic acids is 2. The largest absolute Gasteiger partial charge is 0.493 e. The monoisotopic (exact) mass is 809 g/mol. The second-order valence-electron chi connectivity index (χ2n) is 16.1. The normalized spacial score (nSPS) is 12.3. The van der Waals surface area contributed by atoms with Gasteiger partial charge in [-0.25, -0.2) is 0 Å². The Hall–Kier alpha value is -2.24. The molecule has 57 heavy (non-hydrogen) atoms. The van der Waals surface area contributed by atoms with E-state index in [1.807, 2.05) is 0 Å². The fourth-order valence-electron chi connectivity index (χ4n) is 6.98. The van der Waals surface area contributed by atoms with Gasteiger partial charge in [0.25, 0.3) is 0 Å². The molecule has 0 saturated heterocycles. The molecule has 0 heterocycles. The highest BCUT2D eigenvalue weighted by Gasteiger charge is 2.20. The number of ether oxygens (including phenoxy) is 4. The number of carbonyl (C=O) groups is 2. The van der Waals surface area contributed by atoms with Gasteiger partial charge in [-0.3, -0.25) is 14.5 Å². The molecule has 0 fully saturated rings. The summed E-state index contributed by atoms with van der Waals surface area (Å²) in [6.07, 6.45) is 28.3. The van der Waals surface area contributed by atoms with E-state index >= 15 is 0 Å². The maximum absolute atomic E-state index is 12.8. The summed E-state index contributed by atoms with van der Waals surface area (Å²) in [6.45, 7) is 8.03. The van der Waals surface area contributed by atoms with E-state index < -0.39 is 18.2 Å². The van der Waals surface area contributed by atoms with Gasteiger partial charge < -0.3 is 34.1 Å². The van der Waals surface area contributed by atoms with E-state index in [1.54, 1.807) is 7.11 Å². The summed E-state index contributed by atoms with van der Waals surface area (Å²) in [6, 6.07) is 3.01. The summed E-state index contributed by atoms with van der Waals surface area (Å²) in [7, 11) is 8.75. The molecule has 1 rings (SSSR count). The zero-order chi connectivity index (χ0) is 42.4. The van der Waals surface area contributed by atoms with Crippen molar-refractivity contribution < 1.29 is 38.7 Å². The number of aldehydes is 1. The molecule has 10 heteroatoms. The van der Waals surface area contributed by atoms with Crippen molar-refractivity contribution >= 4 is 12.3 Å². The quantitative estimate of drug-likeness (QED) is 0.0289. The van der Waals surface area contributed by atoms with Crippen molar-refractivity contribution in [1.29, 1.82) is 0 Å². The van der Waals surface area contributed by atoms with Crippen molar-refractivity contribution in [3.63, 3.8) is 0 Å². The van der Waals surface area contributed by atoms with Crippen LogP contribution in [0, 0.1) is 0 Å². The van der Waals surface area contributed by atoms with Crippen LogP contribution in [-0.4, -0.2) is 113 Å². The van der Waals surface area contributed by atoms with Crippen LogP contribution in [0.25, 0.3) is 0 Å². The highest BCUT2D eigenvalue weighted by Crippen LogP contribution is 2.38. The average molecular weight is 809 g/mol. The zero-order valence-corrected chi connectivity index (χ0v) is 37.8. The van der Waals surface area contributed by atoms with E-state index in [-0.39, 0.29) is 23.7 Å². The summed E-state index contributed by atoms with van der Waals surface area (Å²) in [5.41, 5.74) is 0.358. The van der Waals surface area contributed by atoms with Gasteiger partial charge in [0.05, 0.1) is 26.4 Å². The van der Waals surface area contributed by atoms with Gasteiger partial charge in [0.2, 0.25) is 5.75 Å². The first-order valence-corrected chi connectivity index (χ1v) is 22.8. The number of benzene rings is 1. The molecule has 2 unspecified atom stereocenters. The molecule has 0 aliphatic heterocycles. The average Bonchev–Trinajstić information content (AvgIpc) is 3.19. The molecule has 1 aromatic rings. The van der Waals surface area contributed by atoms with Crippen LogP contribution in [0.5, 0.6) is 17.2 Å². The number of methoxy groups -OCH3 is 3. The number of esters is 1. The topological polar surface area (TPSA) is 118 Å². The number of aliphatic hydroxyl groups excluding tert-OH is 2. The predicted molar refractivity (Wildman–Crippen MR) is 236 cm³/mol. The number of unbranched alkanes of at least 4 members (excludes halogenated alkanes) is 18. The van der Waals surface area contributed by atoms with Crippen molar-refractivity contribution in [2.24, 2.45) is 0 Å². The molecule has 0 aromatic heterocycles. The van der Waals surface area contributed by atoms with Gasteiger partial charge in [-0.05, 0) is 65.0 Å². The molecule has 0 aliphatic rings. The SMILES string of the molecule is CCCCCCCCCCCCC(O)CN(CCCC(=O)Oc1c(OC)cc(C=O)cc1OC)CC(O)CCCCCCCCCCCC.COCCCN(C)C. The minimum absolute atomic E-state index is 0.149. The van der Waals surface area contributed by atoms with Gasteiger partial charge in [-0.15, -0.1) is 0 Å². The zero-order valence-electron chi connectivity index (χ0n) is 37.8. The standard InChI is InChI=1S/C41H73NO7.C6H15NO/c1-5-7-9-11-13-15-17-19-21-23-26-36(44)32-42(33-37(45)27-24-22-20-18-16-14-12-10-8-6-2)29-25-28-40(46)49-41-38(47-3)30-35(34-43)31-39(41)48-4;1-7(2)5-4-6-8-3/h30-31,34,36-37,44-45H,5-29,32-33H2,1-4H3;4-6H2,1-3H3. The van der Waals surface area contributed by atoms with Crippen LogP contribution in [0.3, 0.4) is 0 Å². The molecule has 0 aliphatic carbocycles. The lowest BCUT2D eigenvalue weighted by Gasteiger charge is -2.27. The van der Waals surface area contributed by atoms with Crippen LogP contribution in [0.4, 0.5) is 0 Å². The molecule has 0 bridgehead atoms. The van der Waals surface area contributed by atoms with E-state index in [0.29, 0.717) is 37.9 Å². The molecule has 0 radical (unpaired) electrons. The van der Waals surface area contributed by atoms with Crippen molar-refractivity contribution in [3.05, 3.63) is 17.7 Å². The second kappa shape index (κ2) is 39.2. The Morgan fingerprint density at radius 2 is 1.05 bits per heavy atom. The Kier molecular flexibility index (Phi) is 37.7. The van der Waals surface area contributed by atoms with Crippen LogP contribution in [0.15, 0.2) is 12.1 Å². The van der Waals surface area contributed by atoms with Gasteiger partial charge in [-0.2, -0.15) is 0 Å². The minimum atomic E-state index is -0.463. The van der Waals surface area contributed by atoms with Gasteiger partial charge in [-0.1, -0.05) is 142 Å². The van der Waals surface area contributed by atoms with E-state index in [2.05, 4.69) is 37.7 Å². The Labute approximate surface area is 349 Å². The molecule has 2 N–H and O–H groups in total. The molecule has 334 valence electrons. The molecular weight excluding hydrogens is 721 g/mol. The predicted octanol–water partition coefficient (Wildman–Crippen LogP) is 10.4. The van der Waals surface area contributed by atoms with Crippen molar-refractivity contribution in [1.82, 2.24) is 9.80 Å². The van der Waals surface area contributed by atoms with Crippen LogP contribution < -0.4 is 14.2 Å². The number of hydrogen-bond acceptors (Lipinski definition) is 10. The van der Waals surface area contributed by atoms with Gasteiger partial charge in [0, 0.05) is 38.8 Å². The number of rotatable bonds is 38. The maximum Gasteiger partial charge on any atom is 0.311 e. The van der Waals surface area contributed by atoms with Crippen molar-refractivity contribution in [2.75, 3.05) is 68.2 Å². The molecule has 2 atom stereocenters. The number of hydrogen-bond donors (Lipinski definition) is 2. The van der Waals surface area contributed by atoms with Crippen molar-refractivity contribution in [3.8, 4) is 17.2 Å². The number of aliphatic hydroxyl groups is 2. The number of nitrogens with zero attached hydrogens (tertiary/aromatic N) is 2. The summed E-state index contributed by atoms with van der Waals surface area (Å²) < 4.78 is 21.2. The van der Waals surface area contributed by atoms with Gasteiger partial charge >= 0.3 is 5.97 Å². The summed E-state index contributed by atoms with van der Waals surface area (Å²) in [4.78, 5) is 28.4. The fraction of sp³-hybridized carbons (Fsp3) is 0.830. The third-order valence-electron chi connectivity index (χ3n) is 10.4. The lowest BCUT2D eigenvalue weighted by atomic mass is 10.0. The smallest absolute Gasteiger partial charge is 0.311 e. The molecular formula is C47H88N2O8. The van der Waals surface area contributed by atoms with E-state index in [1.165, 1.54) is 129 Å². The first kappa shape index (κ1) is 54.8. The third kappa shape index (κ3) is 32.3. The van der Waals surface area contributed by atoms with Crippen LogP contribution in [0.2, 0.25) is 0 Å². The third-order valence-corrected chi connectivity index (χ3v) is 10.4.